The van der Waals surface area contributed by atoms with Crippen molar-refractivity contribution in [2.24, 2.45) is 0 Å². The lowest BCUT2D eigenvalue weighted by atomic mass is 10.0. The number of pyridine rings is 1. The molecule has 0 bridgehead atoms. The molecule has 2 heterocycles. The Kier molecular flexibility index (Phi) is 5.59. The number of nitrogens with one attached hydrogen (secondary N) is 1. The minimum atomic E-state index is -0.355. The quantitative estimate of drug-likeness (QED) is 0.449. The molecule has 4 aromatic rings. The fourth-order valence-electron chi connectivity index (χ4n) is 3.13. The minimum absolute atomic E-state index is 0.0763. The summed E-state index contributed by atoms with van der Waals surface area (Å²) >= 11 is 6.16. The van der Waals surface area contributed by atoms with Crippen LogP contribution in [0.1, 0.15) is 11.1 Å². The topological polar surface area (TPSA) is 68.0 Å². The van der Waals surface area contributed by atoms with Crippen LogP contribution in [-0.4, -0.2) is 16.0 Å². The van der Waals surface area contributed by atoms with Gasteiger partial charge in [0.15, 0.2) is 0 Å². The summed E-state index contributed by atoms with van der Waals surface area (Å²) in [5.74, 6) is -0.487. The van der Waals surface area contributed by atoms with Crippen molar-refractivity contribution in [3.63, 3.8) is 0 Å². The van der Waals surface area contributed by atoms with E-state index in [1.165, 1.54) is 12.1 Å². The predicted octanol–water partition coefficient (Wildman–Crippen LogP) is 5.69. The number of benzene rings is 2. The lowest BCUT2D eigenvalue weighted by Gasteiger charge is -2.08. The number of carbonyl (C=O) groups excluding carboxylic acids is 1. The Morgan fingerprint density at radius 3 is 2.57 bits per heavy atom. The molecule has 2 aromatic heterocycles. The van der Waals surface area contributed by atoms with Crippen LogP contribution in [-0.2, 0) is 11.2 Å². The van der Waals surface area contributed by atoms with Gasteiger partial charge in [-0.2, -0.15) is 0 Å². The molecule has 0 aliphatic rings. The number of halogens is 2. The summed E-state index contributed by atoms with van der Waals surface area (Å²) in [4.78, 5) is 17.1. The highest BCUT2D eigenvalue weighted by molar-refractivity contribution is 6.31. The molecule has 150 valence electrons. The van der Waals surface area contributed by atoms with Gasteiger partial charge in [0.25, 0.3) is 0 Å². The van der Waals surface area contributed by atoms with Crippen LogP contribution in [0.5, 0.6) is 0 Å². The number of amides is 1. The van der Waals surface area contributed by atoms with E-state index in [-0.39, 0.29) is 24.0 Å². The van der Waals surface area contributed by atoms with Gasteiger partial charge in [-0.1, -0.05) is 41.0 Å². The lowest BCUT2D eigenvalue weighted by Crippen LogP contribution is -2.15. The third-order valence-electron chi connectivity index (χ3n) is 4.62. The van der Waals surface area contributed by atoms with Gasteiger partial charge in [-0.3, -0.25) is 15.1 Å². The van der Waals surface area contributed by atoms with E-state index in [0.717, 1.165) is 5.56 Å². The van der Waals surface area contributed by atoms with Crippen molar-refractivity contribution >= 4 is 23.4 Å². The maximum atomic E-state index is 13.4. The second-order valence-electron chi connectivity index (χ2n) is 6.73. The van der Waals surface area contributed by atoms with Crippen molar-refractivity contribution in [1.29, 1.82) is 0 Å². The smallest absolute Gasteiger partial charge is 0.241 e. The third-order valence-corrected chi connectivity index (χ3v) is 4.99. The highest BCUT2D eigenvalue weighted by atomic mass is 35.5. The van der Waals surface area contributed by atoms with Crippen LogP contribution in [0.25, 0.3) is 22.5 Å². The molecule has 0 saturated heterocycles. The molecule has 30 heavy (non-hydrogen) atoms. The monoisotopic (exact) mass is 421 g/mol. The van der Waals surface area contributed by atoms with E-state index < -0.39 is 0 Å². The number of aryl methyl sites for hydroxylation is 1. The van der Waals surface area contributed by atoms with E-state index >= 15 is 0 Å². The zero-order valence-electron chi connectivity index (χ0n) is 16.0. The minimum Gasteiger partial charge on any atom is -0.337 e. The molecule has 5 nitrogen and oxygen atoms in total. The zero-order chi connectivity index (χ0) is 21.1. The number of rotatable bonds is 5. The number of anilines is 1. The Morgan fingerprint density at radius 1 is 1.07 bits per heavy atom. The molecule has 2 aromatic carbocycles. The summed E-state index contributed by atoms with van der Waals surface area (Å²) in [7, 11) is 0. The van der Waals surface area contributed by atoms with Gasteiger partial charge in [0.2, 0.25) is 11.8 Å². The molecular weight excluding hydrogens is 405 g/mol. The van der Waals surface area contributed by atoms with Gasteiger partial charge in [0.1, 0.15) is 11.5 Å². The first kappa shape index (κ1) is 19.8. The fraction of sp³-hybridized carbons (Fsp3) is 0.0870. The normalized spacial score (nSPS) is 10.8. The third kappa shape index (κ3) is 4.09. The average Bonchev–Trinajstić information content (AvgIpc) is 3.14. The molecule has 1 amide bonds. The SMILES string of the molecule is Cc1cccnc1-c1c(-c2ccc(F)cc2)noc1NC(=O)Cc1ccccc1Cl. The van der Waals surface area contributed by atoms with E-state index in [1.54, 1.807) is 36.5 Å². The van der Waals surface area contributed by atoms with Crippen molar-refractivity contribution in [2.75, 3.05) is 5.32 Å². The molecule has 7 heteroatoms. The zero-order valence-corrected chi connectivity index (χ0v) is 16.8. The second kappa shape index (κ2) is 8.47. The predicted molar refractivity (Wildman–Crippen MR) is 114 cm³/mol. The van der Waals surface area contributed by atoms with E-state index in [1.807, 2.05) is 25.1 Å². The highest BCUT2D eigenvalue weighted by Gasteiger charge is 2.23. The average molecular weight is 422 g/mol. The summed E-state index contributed by atoms with van der Waals surface area (Å²) in [6.07, 6.45) is 1.73. The number of hydrogen-bond donors (Lipinski definition) is 1. The Labute approximate surface area is 177 Å². The number of hydrogen-bond acceptors (Lipinski definition) is 4. The molecule has 0 atom stereocenters. The number of aromatic nitrogens is 2. The fourth-order valence-corrected chi connectivity index (χ4v) is 3.34. The van der Waals surface area contributed by atoms with E-state index in [0.29, 0.717) is 33.1 Å². The van der Waals surface area contributed by atoms with Gasteiger partial charge in [-0.05, 0) is 54.4 Å². The molecule has 0 aliphatic heterocycles. The van der Waals surface area contributed by atoms with Gasteiger partial charge in [0, 0.05) is 16.8 Å². The van der Waals surface area contributed by atoms with Crippen molar-refractivity contribution in [1.82, 2.24) is 10.1 Å². The Balaban J connectivity index is 1.73. The number of carbonyl (C=O) groups is 1. The Morgan fingerprint density at radius 2 is 1.83 bits per heavy atom. The van der Waals surface area contributed by atoms with Crippen molar-refractivity contribution in [2.45, 2.75) is 13.3 Å². The van der Waals surface area contributed by atoms with Crippen LogP contribution >= 0.6 is 11.6 Å². The molecule has 0 aliphatic carbocycles. The first-order valence-electron chi connectivity index (χ1n) is 9.24. The summed E-state index contributed by atoms with van der Waals surface area (Å²) < 4.78 is 18.9. The molecular formula is C23H17ClFN3O2. The van der Waals surface area contributed by atoms with Crippen molar-refractivity contribution < 1.29 is 13.7 Å². The van der Waals surface area contributed by atoms with Gasteiger partial charge >= 0.3 is 0 Å². The van der Waals surface area contributed by atoms with E-state index in [9.17, 15) is 9.18 Å². The highest BCUT2D eigenvalue weighted by Crippen LogP contribution is 2.38. The van der Waals surface area contributed by atoms with Crippen LogP contribution in [0.2, 0.25) is 5.02 Å². The Hall–Kier alpha value is -3.51. The van der Waals surface area contributed by atoms with Crippen LogP contribution in [0.15, 0.2) is 71.4 Å². The van der Waals surface area contributed by atoms with Crippen LogP contribution in [0.4, 0.5) is 10.3 Å². The molecule has 4 rings (SSSR count). The Bertz CT molecular complexity index is 1210. The van der Waals surface area contributed by atoms with Gasteiger partial charge in [-0.15, -0.1) is 0 Å². The summed E-state index contributed by atoms with van der Waals surface area (Å²) in [5, 5.41) is 7.42. The van der Waals surface area contributed by atoms with Crippen LogP contribution < -0.4 is 5.32 Å². The second-order valence-corrected chi connectivity index (χ2v) is 7.13. The maximum Gasteiger partial charge on any atom is 0.241 e. The van der Waals surface area contributed by atoms with Gasteiger partial charge < -0.3 is 4.52 Å². The lowest BCUT2D eigenvalue weighted by molar-refractivity contribution is -0.115. The molecule has 0 unspecified atom stereocenters. The van der Waals surface area contributed by atoms with Crippen molar-refractivity contribution in [3.05, 3.63) is 88.8 Å². The molecule has 0 radical (unpaired) electrons. The van der Waals surface area contributed by atoms with Crippen LogP contribution in [0, 0.1) is 12.7 Å². The maximum absolute atomic E-state index is 13.4. The van der Waals surface area contributed by atoms with Crippen molar-refractivity contribution in [3.8, 4) is 22.5 Å². The van der Waals surface area contributed by atoms with Crippen LogP contribution in [0.3, 0.4) is 0 Å². The van der Waals surface area contributed by atoms with E-state index in [4.69, 9.17) is 16.1 Å². The van der Waals surface area contributed by atoms with Gasteiger partial charge in [-0.25, -0.2) is 4.39 Å². The largest absolute Gasteiger partial charge is 0.337 e. The standard InChI is InChI=1S/C23H17ClFN3O2/c1-14-5-4-12-26-21(14)20-22(15-8-10-17(25)11-9-15)28-30-23(20)27-19(29)13-16-6-2-3-7-18(16)24/h2-12H,13H2,1H3,(H,27,29). The van der Waals surface area contributed by atoms with Gasteiger partial charge in [0.05, 0.1) is 17.7 Å². The first-order chi connectivity index (χ1) is 14.5. The molecule has 0 fully saturated rings. The molecule has 1 N–H and O–H groups in total. The number of nitrogens with zero attached hydrogens (tertiary/aromatic N) is 2. The molecule has 0 saturated carbocycles. The first-order valence-corrected chi connectivity index (χ1v) is 9.61. The summed E-state index contributed by atoms with van der Waals surface area (Å²) in [6.45, 7) is 1.90. The van der Waals surface area contributed by atoms with E-state index in [2.05, 4.69) is 15.5 Å². The summed E-state index contributed by atoms with van der Waals surface area (Å²) in [5.41, 5.74) is 3.84. The summed E-state index contributed by atoms with van der Waals surface area (Å²) in [6, 6.07) is 16.7. The molecule has 0 spiro atoms.